The van der Waals surface area contributed by atoms with Gasteiger partial charge in [0.05, 0.1) is 31.1 Å². The Bertz CT molecular complexity index is 2030. The maximum Gasteiger partial charge on any atom is 0.407 e. The van der Waals surface area contributed by atoms with Crippen LogP contribution in [0.15, 0.2) is 67.0 Å². The standard InChI is InChI=1S/C45H58N8O4/c1-29(2)37(50-43(56)57-5)41(54)52-25-9-14-35(52)40-47-28-36(49-40)45-22-19-44(20-23-45,21-24-45)32-17-15-30(16-18-32)33-27-46-39(48-33)34-13-10-26-53(34)42(55)38(51(3)4)31-11-7-6-8-12-31/h6-8,11-12,15-18,27-29,34-35,37-38H,9-10,13-14,19-26H2,1-5H3,(H,46,48)(H,47,49)(H,50,56). The molecule has 302 valence electrons. The number of likely N-dealkylation sites (N-methyl/N-ethyl adjacent to an activating group) is 1. The number of alkyl carbamates (subject to hydrolysis) is 1. The number of carbonyl (C=O) groups excluding carboxylic acids is 3. The van der Waals surface area contributed by atoms with E-state index in [9.17, 15) is 14.4 Å². The van der Waals surface area contributed by atoms with Crippen LogP contribution < -0.4 is 5.32 Å². The number of carbonyl (C=O) groups is 3. The van der Waals surface area contributed by atoms with E-state index >= 15 is 0 Å². The molecule has 4 unspecified atom stereocenters. The lowest BCUT2D eigenvalue weighted by Gasteiger charge is -2.53. The van der Waals surface area contributed by atoms with Gasteiger partial charge in [0, 0.05) is 30.4 Å². The van der Waals surface area contributed by atoms with E-state index in [-0.39, 0.29) is 46.7 Å². The third kappa shape index (κ3) is 7.26. The summed E-state index contributed by atoms with van der Waals surface area (Å²) in [4.78, 5) is 62.6. The number of nitrogens with zero attached hydrogens (tertiary/aromatic N) is 5. The van der Waals surface area contributed by atoms with E-state index in [2.05, 4.69) is 39.6 Å². The minimum Gasteiger partial charge on any atom is -0.453 e. The number of fused-ring (bicyclic) bond motifs is 3. The second-order valence-corrected chi connectivity index (χ2v) is 17.5. The minimum atomic E-state index is -0.649. The summed E-state index contributed by atoms with van der Waals surface area (Å²) in [5.41, 5.74) is 5.93. The lowest BCUT2D eigenvalue weighted by molar-refractivity contribution is -0.137. The van der Waals surface area contributed by atoms with Crippen molar-refractivity contribution < 1.29 is 19.1 Å². The Labute approximate surface area is 336 Å². The van der Waals surface area contributed by atoms with Gasteiger partial charge in [-0.3, -0.25) is 14.5 Å². The van der Waals surface area contributed by atoms with Crippen molar-refractivity contribution in [3.8, 4) is 11.3 Å². The summed E-state index contributed by atoms with van der Waals surface area (Å²) >= 11 is 0. The van der Waals surface area contributed by atoms with Crippen molar-refractivity contribution >= 4 is 17.9 Å². The minimum absolute atomic E-state index is 0.0709. The summed E-state index contributed by atoms with van der Waals surface area (Å²) in [6, 6.07) is 17.9. The molecule has 3 aliphatic carbocycles. The molecule has 4 atom stereocenters. The van der Waals surface area contributed by atoms with Crippen molar-refractivity contribution in [3.63, 3.8) is 0 Å². The number of ether oxygens (including phenoxy) is 1. The van der Waals surface area contributed by atoms with Crippen molar-refractivity contribution in [2.75, 3.05) is 34.3 Å². The maximum atomic E-state index is 14.0. The summed E-state index contributed by atoms with van der Waals surface area (Å²) in [5.74, 6) is 1.66. The molecule has 3 amide bonds. The van der Waals surface area contributed by atoms with Gasteiger partial charge in [0.15, 0.2) is 0 Å². The number of hydrogen-bond donors (Lipinski definition) is 3. The predicted molar refractivity (Wildman–Crippen MR) is 218 cm³/mol. The zero-order valence-corrected chi connectivity index (χ0v) is 34.1. The molecule has 12 nitrogen and oxygen atoms in total. The molecule has 5 aliphatic rings. The summed E-state index contributed by atoms with van der Waals surface area (Å²) in [6.45, 7) is 5.25. The number of imidazole rings is 2. The Balaban J connectivity index is 0.917. The fraction of sp³-hybridized carbons (Fsp3) is 0.533. The number of amides is 3. The van der Waals surface area contributed by atoms with Gasteiger partial charge < -0.3 is 29.8 Å². The Morgan fingerprint density at radius 2 is 1.37 bits per heavy atom. The number of likely N-dealkylation sites (tertiary alicyclic amines) is 2. The van der Waals surface area contributed by atoms with Gasteiger partial charge in [-0.05, 0) is 106 Å². The third-order valence-electron chi connectivity index (χ3n) is 13.8. The largest absolute Gasteiger partial charge is 0.453 e. The van der Waals surface area contributed by atoms with Crippen LogP contribution in [0.2, 0.25) is 0 Å². The Hall–Kier alpha value is -4.97. The van der Waals surface area contributed by atoms with Crippen LogP contribution in [0, 0.1) is 5.92 Å². The molecule has 57 heavy (non-hydrogen) atoms. The molecule has 0 spiro atoms. The van der Waals surface area contributed by atoms with Gasteiger partial charge >= 0.3 is 6.09 Å². The molecule has 2 aromatic carbocycles. The van der Waals surface area contributed by atoms with E-state index in [0.717, 1.165) is 99.2 Å². The van der Waals surface area contributed by atoms with Crippen LogP contribution in [-0.4, -0.2) is 92.9 Å². The van der Waals surface area contributed by atoms with Crippen molar-refractivity contribution in [1.82, 2.24) is 40.0 Å². The molecule has 4 aromatic rings. The Kier molecular flexibility index (Phi) is 10.7. The van der Waals surface area contributed by atoms with E-state index in [1.54, 1.807) is 0 Å². The number of methoxy groups -OCH3 is 1. The maximum absolute atomic E-state index is 14.0. The predicted octanol–water partition coefficient (Wildman–Crippen LogP) is 7.35. The second-order valence-electron chi connectivity index (χ2n) is 17.5. The van der Waals surface area contributed by atoms with Gasteiger partial charge in [0.1, 0.15) is 23.7 Å². The molecule has 3 N–H and O–H groups in total. The monoisotopic (exact) mass is 774 g/mol. The number of benzene rings is 2. The zero-order chi connectivity index (χ0) is 39.9. The highest BCUT2D eigenvalue weighted by atomic mass is 16.5. The van der Waals surface area contributed by atoms with Crippen LogP contribution in [0.1, 0.15) is 125 Å². The van der Waals surface area contributed by atoms with Gasteiger partial charge in [0.25, 0.3) is 0 Å². The fourth-order valence-corrected chi connectivity index (χ4v) is 10.4. The quantitative estimate of drug-likeness (QED) is 0.145. The van der Waals surface area contributed by atoms with Crippen molar-refractivity contribution in [2.24, 2.45) is 5.92 Å². The van der Waals surface area contributed by atoms with Crippen molar-refractivity contribution in [1.29, 1.82) is 0 Å². The number of H-pyrrole nitrogens is 2. The number of aromatic amines is 2. The number of rotatable bonds is 11. The van der Waals surface area contributed by atoms with Crippen LogP contribution in [0.3, 0.4) is 0 Å². The molecular formula is C45H58N8O4. The molecule has 2 saturated heterocycles. The highest BCUT2D eigenvalue weighted by molar-refractivity contribution is 5.86. The van der Waals surface area contributed by atoms with Crippen LogP contribution in [0.25, 0.3) is 11.3 Å². The smallest absolute Gasteiger partial charge is 0.407 e. The number of nitrogens with one attached hydrogen (secondary N) is 3. The first-order valence-electron chi connectivity index (χ1n) is 20.9. The number of hydrogen-bond acceptors (Lipinski definition) is 7. The molecule has 9 rings (SSSR count). The van der Waals surface area contributed by atoms with E-state index in [1.807, 2.05) is 85.4 Å². The highest BCUT2D eigenvalue weighted by Crippen LogP contribution is 2.58. The molecule has 0 radical (unpaired) electrons. The van der Waals surface area contributed by atoms with Gasteiger partial charge in [-0.15, -0.1) is 0 Å². The lowest BCUT2D eigenvalue weighted by atomic mass is 9.51. The van der Waals surface area contributed by atoms with E-state index in [1.165, 1.54) is 18.4 Å². The van der Waals surface area contributed by atoms with E-state index < -0.39 is 12.1 Å². The van der Waals surface area contributed by atoms with Crippen molar-refractivity contribution in [3.05, 3.63) is 95.5 Å². The van der Waals surface area contributed by atoms with Gasteiger partial charge in [-0.2, -0.15) is 0 Å². The Morgan fingerprint density at radius 3 is 1.96 bits per heavy atom. The van der Waals surface area contributed by atoms with Crippen LogP contribution in [-0.2, 0) is 25.2 Å². The molecule has 12 heteroatoms. The third-order valence-corrected chi connectivity index (χ3v) is 13.8. The normalized spacial score (nSPS) is 25.6. The molecular weight excluding hydrogens is 717 g/mol. The van der Waals surface area contributed by atoms with Crippen molar-refractivity contribution in [2.45, 2.75) is 113 Å². The molecule has 5 fully saturated rings. The first kappa shape index (κ1) is 38.9. The second kappa shape index (κ2) is 15.8. The lowest BCUT2D eigenvalue weighted by Crippen LogP contribution is -2.51. The first-order valence-corrected chi connectivity index (χ1v) is 20.9. The topological polar surface area (TPSA) is 140 Å². The average molecular weight is 775 g/mol. The molecule has 4 heterocycles. The van der Waals surface area contributed by atoms with Crippen LogP contribution >= 0.6 is 0 Å². The fourth-order valence-electron chi connectivity index (χ4n) is 10.4. The SMILES string of the molecule is COC(=O)NC(C(=O)N1CCCC1c1ncc(C23CCC(c4ccc(-c5cnc(C6CCCN6C(=O)C(c6ccccc6)N(C)C)[nH]5)cc4)(CC2)CC3)[nH]1)C(C)C. The summed E-state index contributed by atoms with van der Waals surface area (Å²) < 4.78 is 4.80. The summed E-state index contributed by atoms with van der Waals surface area (Å²) in [7, 11) is 5.25. The molecule has 2 aromatic heterocycles. The molecule has 2 aliphatic heterocycles. The number of aromatic nitrogens is 4. The van der Waals surface area contributed by atoms with Gasteiger partial charge in [0.2, 0.25) is 11.8 Å². The van der Waals surface area contributed by atoms with E-state index in [0.29, 0.717) is 6.54 Å². The highest BCUT2D eigenvalue weighted by Gasteiger charge is 2.51. The summed E-state index contributed by atoms with van der Waals surface area (Å²) in [5, 5.41) is 2.75. The summed E-state index contributed by atoms with van der Waals surface area (Å²) in [6.07, 6.45) is 13.6. The molecule has 2 bridgehead atoms. The zero-order valence-electron chi connectivity index (χ0n) is 34.1. The van der Waals surface area contributed by atoms with Crippen LogP contribution in [0.4, 0.5) is 4.79 Å². The first-order chi connectivity index (χ1) is 27.5. The Morgan fingerprint density at radius 1 is 0.789 bits per heavy atom. The van der Waals surface area contributed by atoms with Gasteiger partial charge in [-0.1, -0.05) is 68.4 Å². The van der Waals surface area contributed by atoms with Gasteiger partial charge in [-0.25, -0.2) is 14.8 Å². The van der Waals surface area contributed by atoms with E-state index in [4.69, 9.17) is 14.7 Å². The van der Waals surface area contributed by atoms with Crippen LogP contribution in [0.5, 0.6) is 0 Å². The average Bonchev–Trinajstić information content (AvgIpc) is 4.07. The molecule has 3 saturated carbocycles.